The summed E-state index contributed by atoms with van der Waals surface area (Å²) in [7, 11) is 2.00. The summed E-state index contributed by atoms with van der Waals surface area (Å²) >= 11 is 0. The second-order valence-electron chi connectivity index (χ2n) is 6.32. The van der Waals surface area contributed by atoms with Crippen LogP contribution in [0.1, 0.15) is 17.1 Å². The first-order valence-corrected chi connectivity index (χ1v) is 8.29. The fourth-order valence-corrected chi connectivity index (χ4v) is 3.03. The lowest BCUT2D eigenvalue weighted by molar-refractivity contribution is -0.133. The quantitative estimate of drug-likeness (QED) is 0.582. The Morgan fingerprint density at radius 1 is 1.35 bits per heavy atom. The molecule has 3 aromatic heterocycles. The number of hydrogen-bond acceptors (Lipinski definition) is 8. The third-order valence-electron chi connectivity index (χ3n) is 4.24. The van der Waals surface area contributed by atoms with Gasteiger partial charge in [-0.3, -0.25) is 14.4 Å². The Morgan fingerprint density at radius 3 is 3.04 bits per heavy atom. The second kappa shape index (κ2) is 7.04. The number of rotatable bonds is 6. The van der Waals surface area contributed by atoms with Crippen LogP contribution in [0.5, 0.6) is 0 Å². The van der Waals surface area contributed by atoms with E-state index in [4.69, 9.17) is 4.52 Å². The maximum Gasteiger partial charge on any atom is 0.244 e. The normalized spacial score (nSPS) is 14.0. The van der Waals surface area contributed by atoms with E-state index in [2.05, 4.69) is 30.7 Å². The monoisotopic (exact) mass is 357 g/mol. The minimum absolute atomic E-state index is 0.00580. The number of carbonyl (C=O) groups excluding carboxylic acids is 1. The van der Waals surface area contributed by atoms with Gasteiger partial charge in [0.2, 0.25) is 5.91 Å². The zero-order valence-electron chi connectivity index (χ0n) is 14.4. The van der Waals surface area contributed by atoms with Crippen molar-refractivity contribution in [1.29, 1.82) is 0 Å². The van der Waals surface area contributed by atoms with E-state index in [1.54, 1.807) is 11.1 Å². The molecule has 3 aromatic rings. The van der Waals surface area contributed by atoms with Crippen LogP contribution >= 0.6 is 0 Å². The molecule has 0 fully saturated rings. The van der Waals surface area contributed by atoms with Crippen LogP contribution in [-0.2, 0) is 37.5 Å². The maximum absolute atomic E-state index is 12.4. The Kier molecular flexibility index (Phi) is 4.44. The van der Waals surface area contributed by atoms with Gasteiger partial charge in [-0.1, -0.05) is 5.16 Å². The zero-order valence-corrected chi connectivity index (χ0v) is 14.4. The molecule has 26 heavy (non-hydrogen) atoms. The molecule has 0 spiro atoms. The van der Waals surface area contributed by atoms with Gasteiger partial charge in [0.05, 0.1) is 37.2 Å². The van der Waals surface area contributed by atoms with Crippen molar-refractivity contribution in [3.05, 3.63) is 41.8 Å². The Morgan fingerprint density at radius 2 is 2.27 bits per heavy atom. The minimum atomic E-state index is -0.00580. The van der Waals surface area contributed by atoms with Gasteiger partial charge in [0.1, 0.15) is 12.9 Å². The Bertz CT molecular complexity index is 856. The molecule has 1 aliphatic rings. The molecule has 0 unspecified atom stereocenters. The van der Waals surface area contributed by atoms with E-state index in [0.717, 1.165) is 17.1 Å². The van der Waals surface area contributed by atoms with Gasteiger partial charge in [-0.15, -0.1) is 5.10 Å². The summed E-state index contributed by atoms with van der Waals surface area (Å²) in [5, 5.41) is 19.2. The molecule has 136 valence electrons. The number of carbonyl (C=O) groups is 1. The molecular formula is C15H19N9O2. The highest BCUT2D eigenvalue weighted by molar-refractivity contribution is 5.75. The van der Waals surface area contributed by atoms with Gasteiger partial charge in [0, 0.05) is 19.2 Å². The van der Waals surface area contributed by atoms with Crippen molar-refractivity contribution in [1.82, 2.24) is 44.9 Å². The first-order chi connectivity index (χ1) is 12.7. The van der Waals surface area contributed by atoms with Crippen molar-refractivity contribution < 1.29 is 9.32 Å². The molecule has 11 nitrogen and oxygen atoms in total. The van der Waals surface area contributed by atoms with Gasteiger partial charge in [-0.25, -0.2) is 4.68 Å². The van der Waals surface area contributed by atoms with Crippen molar-refractivity contribution in [2.45, 2.75) is 32.7 Å². The van der Waals surface area contributed by atoms with Crippen LogP contribution in [-0.4, -0.2) is 64.4 Å². The number of tetrazole rings is 1. The molecule has 0 N–H and O–H groups in total. The van der Waals surface area contributed by atoms with Gasteiger partial charge in [0.15, 0.2) is 5.76 Å². The van der Waals surface area contributed by atoms with E-state index in [1.165, 1.54) is 11.0 Å². The summed E-state index contributed by atoms with van der Waals surface area (Å²) in [5.41, 5.74) is 2.00. The van der Waals surface area contributed by atoms with Gasteiger partial charge in [-0.2, -0.15) is 5.10 Å². The molecule has 0 saturated carbocycles. The van der Waals surface area contributed by atoms with Crippen molar-refractivity contribution >= 4 is 5.91 Å². The number of amides is 1. The van der Waals surface area contributed by atoms with Crippen LogP contribution < -0.4 is 0 Å². The summed E-state index contributed by atoms with van der Waals surface area (Å²) < 4.78 is 8.53. The standard InChI is InChI=1S/C15H19N9O2/c1-21(9-14-2-3-17-26-14)7-12-6-13-8-22(4-5-24(13)18-12)15(25)10-23-11-16-19-20-23/h2-3,6,11H,4-5,7-10H2,1H3. The molecule has 4 heterocycles. The van der Waals surface area contributed by atoms with Gasteiger partial charge >= 0.3 is 0 Å². The maximum atomic E-state index is 12.4. The SMILES string of the molecule is CN(Cc1cc2n(n1)CCN(C(=O)Cn1cnnn1)C2)Cc1ccno1. The molecule has 1 amide bonds. The molecule has 0 aromatic carbocycles. The van der Waals surface area contributed by atoms with Gasteiger partial charge in [0.25, 0.3) is 0 Å². The zero-order chi connectivity index (χ0) is 17.9. The highest BCUT2D eigenvalue weighted by Gasteiger charge is 2.23. The van der Waals surface area contributed by atoms with Crippen molar-refractivity contribution in [2.75, 3.05) is 13.6 Å². The van der Waals surface area contributed by atoms with Crippen LogP contribution in [0.2, 0.25) is 0 Å². The van der Waals surface area contributed by atoms with E-state index in [0.29, 0.717) is 32.7 Å². The Hall–Kier alpha value is -3.08. The summed E-state index contributed by atoms with van der Waals surface area (Å²) in [4.78, 5) is 16.3. The van der Waals surface area contributed by atoms with Gasteiger partial charge in [-0.05, 0) is 23.5 Å². The van der Waals surface area contributed by atoms with Gasteiger partial charge < -0.3 is 9.42 Å². The molecular weight excluding hydrogens is 338 g/mol. The average Bonchev–Trinajstić information content (AvgIpc) is 3.35. The first kappa shape index (κ1) is 16.4. The van der Waals surface area contributed by atoms with E-state index in [-0.39, 0.29) is 12.5 Å². The van der Waals surface area contributed by atoms with E-state index in [1.807, 2.05) is 23.9 Å². The molecule has 0 aliphatic carbocycles. The predicted molar refractivity (Wildman–Crippen MR) is 87.1 cm³/mol. The second-order valence-corrected chi connectivity index (χ2v) is 6.32. The minimum Gasteiger partial charge on any atom is -0.360 e. The number of aromatic nitrogens is 7. The molecule has 11 heteroatoms. The summed E-state index contributed by atoms with van der Waals surface area (Å²) in [6.07, 6.45) is 3.08. The molecule has 4 rings (SSSR count). The predicted octanol–water partition coefficient (Wildman–Crippen LogP) is -0.468. The number of hydrogen-bond donors (Lipinski definition) is 0. The first-order valence-electron chi connectivity index (χ1n) is 8.29. The lowest BCUT2D eigenvalue weighted by Gasteiger charge is -2.27. The molecule has 0 atom stereocenters. The highest BCUT2D eigenvalue weighted by Crippen LogP contribution is 2.16. The van der Waals surface area contributed by atoms with Crippen molar-refractivity contribution in [3.8, 4) is 0 Å². The third kappa shape index (κ3) is 3.61. The smallest absolute Gasteiger partial charge is 0.244 e. The highest BCUT2D eigenvalue weighted by atomic mass is 16.5. The lowest BCUT2D eigenvalue weighted by Crippen LogP contribution is -2.40. The summed E-state index contributed by atoms with van der Waals surface area (Å²) in [5.74, 6) is 0.810. The average molecular weight is 357 g/mol. The lowest BCUT2D eigenvalue weighted by atomic mass is 10.2. The fourth-order valence-electron chi connectivity index (χ4n) is 3.03. The fraction of sp³-hybridized carbons (Fsp3) is 0.467. The molecule has 1 aliphatic heterocycles. The largest absolute Gasteiger partial charge is 0.360 e. The van der Waals surface area contributed by atoms with E-state index < -0.39 is 0 Å². The molecule has 0 saturated heterocycles. The Balaban J connectivity index is 1.36. The van der Waals surface area contributed by atoms with Crippen molar-refractivity contribution in [3.63, 3.8) is 0 Å². The van der Waals surface area contributed by atoms with Crippen LogP contribution in [0.4, 0.5) is 0 Å². The topological polar surface area (TPSA) is 111 Å². The third-order valence-corrected chi connectivity index (χ3v) is 4.24. The summed E-state index contributed by atoms with van der Waals surface area (Å²) in [6, 6.07) is 3.90. The van der Waals surface area contributed by atoms with Crippen LogP contribution in [0.3, 0.4) is 0 Å². The Labute approximate surface area is 149 Å². The van der Waals surface area contributed by atoms with Crippen LogP contribution in [0.25, 0.3) is 0 Å². The number of nitrogens with zero attached hydrogens (tertiary/aromatic N) is 9. The van der Waals surface area contributed by atoms with Crippen LogP contribution in [0, 0.1) is 0 Å². The molecule has 0 bridgehead atoms. The summed E-state index contributed by atoms with van der Waals surface area (Å²) in [6.45, 7) is 3.36. The molecule has 0 radical (unpaired) electrons. The van der Waals surface area contributed by atoms with E-state index >= 15 is 0 Å². The number of fused-ring (bicyclic) bond motifs is 1. The van der Waals surface area contributed by atoms with Crippen molar-refractivity contribution in [2.24, 2.45) is 0 Å². The van der Waals surface area contributed by atoms with E-state index in [9.17, 15) is 4.79 Å². The van der Waals surface area contributed by atoms with Crippen LogP contribution in [0.15, 0.2) is 29.2 Å².